The Morgan fingerprint density at radius 3 is 2.22 bits per heavy atom. The second-order valence-corrected chi connectivity index (χ2v) is 4.83. The van der Waals surface area contributed by atoms with Gasteiger partial charge in [0.2, 0.25) is 0 Å². The quantitative estimate of drug-likeness (QED) is 0.843. The van der Waals surface area contributed by atoms with Crippen molar-refractivity contribution in [2.45, 2.75) is 47.5 Å². The van der Waals surface area contributed by atoms with Gasteiger partial charge in [-0.3, -0.25) is 0 Å². The minimum atomic E-state index is 0.598. The summed E-state index contributed by atoms with van der Waals surface area (Å²) in [5.74, 6) is 3.05. The summed E-state index contributed by atoms with van der Waals surface area (Å²) >= 11 is 0. The standard InChI is InChI=1S/C14H26N4/c1-6-12(7-2)9-18(8-3)14-10(4)13(15)16-11(5)17-14/h12H,6-9H2,1-5H3,(H2,15,16,17). The Balaban J connectivity index is 3.01. The van der Waals surface area contributed by atoms with E-state index in [1.807, 2.05) is 13.8 Å². The molecule has 0 aliphatic heterocycles. The maximum absolute atomic E-state index is 5.93. The van der Waals surface area contributed by atoms with Gasteiger partial charge in [-0.05, 0) is 26.7 Å². The van der Waals surface area contributed by atoms with E-state index in [1.54, 1.807) is 0 Å². The number of hydrogen-bond acceptors (Lipinski definition) is 4. The molecule has 2 N–H and O–H groups in total. The zero-order valence-corrected chi connectivity index (χ0v) is 12.3. The Labute approximate surface area is 111 Å². The van der Waals surface area contributed by atoms with E-state index in [-0.39, 0.29) is 0 Å². The molecule has 0 bridgehead atoms. The molecule has 0 radical (unpaired) electrons. The molecule has 0 amide bonds. The van der Waals surface area contributed by atoms with Crippen LogP contribution in [-0.4, -0.2) is 23.1 Å². The largest absolute Gasteiger partial charge is 0.383 e. The smallest absolute Gasteiger partial charge is 0.137 e. The molecule has 0 saturated heterocycles. The van der Waals surface area contributed by atoms with E-state index in [9.17, 15) is 0 Å². The van der Waals surface area contributed by atoms with E-state index in [4.69, 9.17) is 5.73 Å². The summed E-state index contributed by atoms with van der Waals surface area (Å²) in [6.07, 6.45) is 2.40. The molecule has 1 aromatic heterocycles. The lowest BCUT2D eigenvalue weighted by Gasteiger charge is -2.28. The van der Waals surface area contributed by atoms with Crippen LogP contribution in [0.5, 0.6) is 0 Å². The molecule has 0 fully saturated rings. The molecule has 0 spiro atoms. The van der Waals surface area contributed by atoms with Crippen LogP contribution in [0.2, 0.25) is 0 Å². The number of hydrogen-bond donors (Lipinski definition) is 1. The lowest BCUT2D eigenvalue weighted by Crippen LogP contribution is -2.31. The molecular formula is C14H26N4. The van der Waals surface area contributed by atoms with Gasteiger partial charge in [0, 0.05) is 18.7 Å². The molecule has 18 heavy (non-hydrogen) atoms. The Kier molecular flexibility index (Phi) is 5.38. The second-order valence-electron chi connectivity index (χ2n) is 4.83. The van der Waals surface area contributed by atoms with Crippen molar-refractivity contribution >= 4 is 11.6 Å². The Bertz CT molecular complexity index is 386. The van der Waals surface area contributed by atoms with Crippen molar-refractivity contribution in [2.75, 3.05) is 23.7 Å². The van der Waals surface area contributed by atoms with E-state index < -0.39 is 0 Å². The molecule has 0 aliphatic rings. The minimum absolute atomic E-state index is 0.598. The van der Waals surface area contributed by atoms with Crippen LogP contribution in [0, 0.1) is 19.8 Å². The molecular weight excluding hydrogens is 224 g/mol. The number of nitrogen functional groups attached to an aromatic ring is 1. The van der Waals surface area contributed by atoms with E-state index >= 15 is 0 Å². The average molecular weight is 250 g/mol. The van der Waals surface area contributed by atoms with Gasteiger partial charge >= 0.3 is 0 Å². The van der Waals surface area contributed by atoms with Gasteiger partial charge in [0.15, 0.2) is 0 Å². The van der Waals surface area contributed by atoms with Crippen molar-refractivity contribution < 1.29 is 0 Å². The van der Waals surface area contributed by atoms with Gasteiger partial charge < -0.3 is 10.6 Å². The third-order valence-electron chi connectivity index (χ3n) is 3.58. The molecule has 4 heteroatoms. The van der Waals surface area contributed by atoms with E-state index in [0.29, 0.717) is 11.7 Å². The summed E-state index contributed by atoms with van der Waals surface area (Å²) < 4.78 is 0. The maximum atomic E-state index is 5.93. The number of nitrogens with two attached hydrogens (primary N) is 1. The highest BCUT2D eigenvalue weighted by Crippen LogP contribution is 2.23. The highest BCUT2D eigenvalue weighted by atomic mass is 15.2. The number of aryl methyl sites for hydroxylation is 1. The summed E-state index contributed by atoms with van der Waals surface area (Å²) in [5.41, 5.74) is 6.93. The van der Waals surface area contributed by atoms with Crippen LogP contribution in [0.1, 0.15) is 45.0 Å². The molecule has 0 atom stereocenters. The number of rotatable bonds is 6. The highest BCUT2D eigenvalue weighted by molar-refractivity contribution is 5.56. The predicted octanol–water partition coefficient (Wildman–Crippen LogP) is 2.94. The van der Waals surface area contributed by atoms with Crippen molar-refractivity contribution in [3.63, 3.8) is 0 Å². The summed E-state index contributed by atoms with van der Waals surface area (Å²) in [6.45, 7) is 12.5. The van der Waals surface area contributed by atoms with E-state index in [2.05, 4.69) is 35.6 Å². The summed E-state index contributed by atoms with van der Waals surface area (Å²) in [7, 11) is 0. The minimum Gasteiger partial charge on any atom is -0.383 e. The molecule has 1 heterocycles. The topological polar surface area (TPSA) is 55.0 Å². The number of anilines is 2. The average Bonchev–Trinajstić information content (AvgIpc) is 2.36. The zero-order valence-electron chi connectivity index (χ0n) is 12.3. The van der Waals surface area contributed by atoms with Crippen LogP contribution in [-0.2, 0) is 0 Å². The summed E-state index contributed by atoms with van der Waals surface area (Å²) in [6, 6.07) is 0. The molecule has 102 valence electrons. The second kappa shape index (κ2) is 6.57. The first-order valence-corrected chi connectivity index (χ1v) is 6.89. The third-order valence-corrected chi connectivity index (χ3v) is 3.58. The van der Waals surface area contributed by atoms with E-state index in [1.165, 1.54) is 12.8 Å². The van der Waals surface area contributed by atoms with E-state index in [0.717, 1.165) is 30.3 Å². The first-order chi connectivity index (χ1) is 8.53. The first-order valence-electron chi connectivity index (χ1n) is 6.89. The lowest BCUT2D eigenvalue weighted by molar-refractivity contribution is 0.484. The molecule has 0 unspecified atom stereocenters. The fraction of sp³-hybridized carbons (Fsp3) is 0.714. The SMILES string of the molecule is CCC(CC)CN(CC)c1nc(C)nc(N)c1C. The van der Waals surface area contributed by atoms with Crippen LogP contribution >= 0.6 is 0 Å². The fourth-order valence-electron chi connectivity index (χ4n) is 2.17. The molecule has 4 nitrogen and oxygen atoms in total. The Hall–Kier alpha value is -1.32. The Morgan fingerprint density at radius 2 is 1.72 bits per heavy atom. The van der Waals surface area contributed by atoms with Crippen molar-refractivity contribution in [2.24, 2.45) is 5.92 Å². The lowest BCUT2D eigenvalue weighted by atomic mass is 10.0. The molecule has 1 aromatic rings. The summed E-state index contributed by atoms with van der Waals surface area (Å²) in [5, 5.41) is 0. The van der Waals surface area contributed by atoms with Gasteiger partial charge in [-0.2, -0.15) is 0 Å². The van der Waals surface area contributed by atoms with Gasteiger partial charge in [0.25, 0.3) is 0 Å². The summed E-state index contributed by atoms with van der Waals surface area (Å²) in [4.78, 5) is 11.1. The van der Waals surface area contributed by atoms with Crippen LogP contribution < -0.4 is 10.6 Å². The van der Waals surface area contributed by atoms with Gasteiger partial charge in [0.05, 0.1) is 0 Å². The van der Waals surface area contributed by atoms with Crippen molar-refractivity contribution in [1.82, 2.24) is 9.97 Å². The monoisotopic (exact) mass is 250 g/mol. The maximum Gasteiger partial charge on any atom is 0.137 e. The van der Waals surface area contributed by atoms with Gasteiger partial charge in [-0.25, -0.2) is 9.97 Å². The fourth-order valence-corrected chi connectivity index (χ4v) is 2.17. The zero-order chi connectivity index (χ0) is 13.7. The van der Waals surface area contributed by atoms with Gasteiger partial charge in [0.1, 0.15) is 17.5 Å². The van der Waals surface area contributed by atoms with Crippen LogP contribution in [0.15, 0.2) is 0 Å². The molecule has 1 rings (SSSR count). The van der Waals surface area contributed by atoms with Gasteiger partial charge in [-0.15, -0.1) is 0 Å². The van der Waals surface area contributed by atoms with Gasteiger partial charge in [-0.1, -0.05) is 26.7 Å². The van der Waals surface area contributed by atoms with Crippen molar-refractivity contribution in [3.05, 3.63) is 11.4 Å². The first kappa shape index (κ1) is 14.7. The molecule has 0 saturated carbocycles. The van der Waals surface area contributed by atoms with Crippen LogP contribution in [0.4, 0.5) is 11.6 Å². The van der Waals surface area contributed by atoms with Crippen molar-refractivity contribution in [1.29, 1.82) is 0 Å². The third kappa shape index (κ3) is 3.34. The van der Waals surface area contributed by atoms with Crippen LogP contribution in [0.25, 0.3) is 0 Å². The normalized spacial score (nSPS) is 11.0. The van der Waals surface area contributed by atoms with Crippen molar-refractivity contribution in [3.8, 4) is 0 Å². The Morgan fingerprint density at radius 1 is 1.11 bits per heavy atom. The number of nitrogens with zero attached hydrogens (tertiary/aromatic N) is 3. The highest BCUT2D eigenvalue weighted by Gasteiger charge is 2.16. The molecule has 0 aliphatic carbocycles. The molecule has 0 aromatic carbocycles. The predicted molar refractivity (Wildman–Crippen MR) is 77.9 cm³/mol. The van der Waals surface area contributed by atoms with Crippen LogP contribution in [0.3, 0.4) is 0 Å². The number of aromatic nitrogens is 2.